The van der Waals surface area contributed by atoms with E-state index >= 15 is 0 Å². The monoisotopic (exact) mass is 301 g/mol. The summed E-state index contributed by atoms with van der Waals surface area (Å²) in [5, 5.41) is 0. The number of imide groups is 1. The number of methoxy groups -OCH3 is 1. The third-order valence-corrected chi connectivity index (χ3v) is 3.69. The third-order valence-electron chi connectivity index (χ3n) is 3.69. The van der Waals surface area contributed by atoms with Gasteiger partial charge in [-0.3, -0.25) is 14.5 Å². The van der Waals surface area contributed by atoms with Crippen LogP contribution < -0.4 is 4.74 Å². The highest BCUT2D eigenvalue weighted by Gasteiger charge is 2.52. The smallest absolute Gasteiger partial charge is 0.390 e. The van der Waals surface area contributed by atoms with E-state index in [1.54, 1.807) is 0 Å². The van der Waals surface area contributed by atoms with Crippen LogP contribution in [0.5, 0.6) is 5.75 Å². The van der Waals surface area contributed by atoms with Crippen molar-refractivity contribution in [3.05, 3.63) is 29.3 Å². The molecule has 2 rings (SSSR count). The molecule has 1 aromatic carbocycles. The second-order valence-electron chi connectivity index (χ2n) is 5.20. The van der Waals surface area contributed by atoms with Crippen LogP contribution in [0.25, 0.3) is 0 Å². The van der Waals surface area contributed by atoms with Gasteiger partial charge >= 0.3 is 6.18 Å². The molecule has 0 aliphatic carbocycles. The molecule has 1 aliphatic heterocycles. The van der Waals surface area contributed by atoms with E-state index < -0.39 is 29.8 Å². The average molecular weight is 301 g/mol. The first-order valence-corrected chi connectivity index (χ1v) is 6.18. The van der Waals surface area contributed by atoms with Gasteiger partial charge in [-0.15, -0.1) is 0 Å². The molecule has 0 N–H and O–H groups in total. The maximum Gasteiger partial charge on any atom is 0.390 e. The Morgan fingerprint density at radius 3 is 2.43 bits per heavy atom. The van der Waals surface area contributed by atoms with Gasteiger partial charge in [-0.1, -0.05) is 0 Å². The van der Waals surface area contributed by atoms with Crippen molar-refractivity contribution in [3.63, 3.8) is 0 Å². The van der Waals surface area contributed by atoms with Crippen LogP contribution in [0.15, 0.2) is 18.2 Å². The second-order valence-corrected chi connectivity index (χ2v) is 5.20. The van der Waals surface area contributed by atoms with E-state index in [2.05, 4.69) is 0 Å². The fraction of sp³-hybridized carbons (Fsp3) is 0.429. The molecule has 7 heteroatoms. The summed E-state index contributed by atoms with van der Waals surface area (Å²) < 4.78 is 43.6. The Morgan fingerprint density at radius 1 is 1.29 bits per heavy atom. The first-order chi connectivity index (χ1) is 9.60. The Hall–Kier alpha value is -2.05. The van der Waals surface area contributed by atoms with Crippen LogP contribution in [0.3, 0.4) is 0 Å². The normalized spacial score (nSPS) is 22.3. The van der Waals surface area contributed by atoms with Gasteiger partial charge in [-0.2, -0.15) is 13.2 Å². The van der Waals surface area contributed by atoms with Gasteiger partial charge < -0.3 is 4.74 Å². The molecule has 0 saturated heterocycles. The minimum Gasteiger partial charge on any atom is -0.497 e. The number of rotatable bonds is 2. The maximum absolute atomic E-state index is 12.9. The molecule has 0 bridgehead atoms. The van der Waals surface area contributed by atoms with Crippen LogP contribution in [0.4, 0.5) is 13.2 Å². The maximum atomic E-state index is 12.9. The van der Waals surface area contributed by atoms with Gasteiger partial charge in [0.1, 0.15) is 5.75 Å². The van der Waals surface area contributed by atoms with Crippen molar-refractivity contribution in [1.82, 2.24) is 4.90 Å². The van der Waals surface area contributed by atoms with Crippen LogP contribution in [0.1, 0.15) is 29.3 Å². The van der Waals surface area contributed by atoms with E-state index in [9.17, 15) is 22.8 Å². The van der Waals surface area contributed by atoms with Crippen molar-refractivity contribution >= 4 is 11.8 Å². The van der Waals surface area contributed by atoms with Crippen molar-refractivity contribution in [3.8, 4) is 5.75 Å². The van der Waals surface area contributed by atoms with E-state index in [1.807, 2.05) is 0 Å². The zero-order chi connectivity index (χ0) is 16.0. The van der Waals surface area contributed by atoms with Crippen LogP contribution in [0.2, 0.25) is 0 Å². The van der Waals surface area contributed by atoms with E-state index in [0.29, 0.717) is 5.75 Å². The molecule has 2 amide bonds. The van der Waals surface area contributed by atoms with E-state index in [0.717, 1.165) is 4.90 Å². The second kappa shape index (κ2) is 4.75. The topological polar surface area (TPSA) is 46.6 Å². The van der Waals surface area contributed by atoms with Gasteiger partial charge in [-0.25, -0.2) is 0 Å². The summed E-state index contributed by atoms with van der Waals surface area (Å²) in [7, 11) is 2.55. The number of benzene rings is 1. The van der Waals surface area contributed by atoms with Crippen LogP contribution in [-0.2, 0) is 10.2 Å². The molecule has 21 heavy (non-hydrogen) atoms. The Kier molecular flexibility index (Phi) is 3.47. The van der Waals surface area contributed by atoms with Crippen molar-refractivity contribution in [2.75, 3.05) is 14.2 Å². The van der Waals surface area contributed by atoms with Gasteiger partial charge in [-0.05, 0) is 30.7 Å². The highest BCUT2D eigenvalue weighted by atomic mass is 19.4. The number of amides is 2. The Bertz CT molecular complexity index is 612. The standard InChI is InChI=1S/C14H14F3NO3/c1-13(7-14(15,16)17)10-6-8(21-3)4-5-9(10)11(19)18(2)12(13)20/h4-6H,7H2,1-3H3. The summed E-state index contributed by atoms with van der Waals surface area (Å²) in [6.45, 7) is 1.20. The number of likely N-dealkylation sites (N-methyl/N-ethyl adjacent to an activating group) is 1. The van der Waals surface area contributed by atoms with E-state index in [-0.39, 0.29) is 11.1 Å². The van der Waals surface area contributed by atoms with Crippen molar-refractivity contribution < 1.29 is 27.5 Å². The number of fused-ring (bicyclic) bond motifs is 1. The molecule has 1 aromatic rings. The van der Waals surface area contributed by atoms with Crippen LogP contribution >= 0.6 is 0 Å². The molecule has 0 saturated carbocycles. The molecule has 0 aromatic heterocycles. The van der Waals surface area contributed by atoms with Crippen LogP contribution in [0, 0.1) is 0 Å². The first-order valence-electron chi connectivity index (χ1n) is 6.18. The van der Waals surface area contributed by atoms with Crippen LogP contribution in [-0.4, -0.2) is 37.0 Å². The predicted octanol–water partition coefficient (Wildman–Crippen LogP) is 2.52. The van der Waals surface area contributed by atoms with Crippen molar-refractivity contribution in [2.45, 2.75) is 24.9 Å². The number of alkyl halides is 3. The summed E-state index contributed by atoms with van der Waals surface area (Å²) in [6.07, 6.45) is -5.87. The summed E-state index contributed by atoms with van der Waals surface area (Å²) in [6, 6.07) is 4.19. The van der Waals surface area contributed by atoms with Gasteiger partial charge in [0, 0.05) is 12.6 Å². The van der Waals surface area contributed by atoms with Crippen molar-refractivity contribution in [1.29, 1.82) is 0 Å². The lowest BCUT2D eigenvalue weighted by Crippen LogP contribution is -2.52. The van der Waals surface area contributed by atoms with E-state index in [4.69, 9.17) is 4.74 Å². The molecule has 1 heterocycles. The summed E-state index contributed by atoms with van der Waals surface area (Å²) in [5.74, 6) is -1.19. The molecular weight excluding hydrogens is 287 g/mol. The molecule has 4 nitrogen and oxygen atoms in total. The number of ether oxygens (including phenoxy) is 1. The SMILES string of the molecule is COc1ccc2c(c1)C(C)(CC(F)(F)F)C(=O)N(C)C2=O. The molecule has 114 valence electrons. The van der Waals surface area contributed by atoms with Gasteiger partial charge in [0.2, 0.25) is 5.91 Å². The summed E-state index contributed by atoms with van der Waals surface area (Å²) in [4.78, 5) is 25.1. The lowest BCUT2D eigenvalue weighted by atomic mass is 9.73. The van der Waals surface area contributed by atoms with Crippen molar-refractivity contribution in [2.24, 2.45) is 0 Å². The quantitative estimate of drug-likeness (QED) is 0.789. The number of halogens is 3. The van der Waals surface area contributed by atoms with Gasteiger partial charge in [0.05, 0.1) is 18.9 Å². The molecule has 1 aliphatic rings. The fourth-order valence-electron chi connectivity index (χ4n) is 2.62. The molecule has 1 unspecified atom stereocenters. The number of hydrogen-bond donors (Lipinski definition) is 0. The molecule has 0 radical (unpaired) electrons. The minimum absolute atomic E-state index is 0.0484. The summed E-state index contributed by atoms with van der Waals surface area (Å²) >= 11 is 0. The lowest BCUT2D eigenvalue weighted by molar-refractivity contribution is -0.161. The third kappa shape index (κ3) is 2.48. The number of carbonyl (C=O) groups is 2. The number of nitrogens with zero attached hydrogens (tertiary/aromatic N) is 1. The highest BCUT2D eigenvalue weighted by Crippen LogP contribution is 2.43. The predicted molar refractivity (Wildman–Crippen MR) is 68.1 cm³/mol. The highest BCUT2D eigenvalue weighted by molar-refractivity contribution is 6.12. The van der Waals surface area contributed by atoms with Gasteiger partial charge in [0.15, 0.2) is 0 Å². The summed E-state index contributed by atoms with van der Waals surface area (Å²) in [5.41, 5.74) is -1.71. The minimum atomic E-state index is -4.54. The molecule has 0 spiro atoms. The Morgan fingerprint density at radius 2 is 1.90 bits per heavy atom. The first kappa shape index (κ1) is 15.3. The lowest BCUT2D eigenvalue weighted by Gasteiger charge is -2.38. The average Bonchev–Trinajstić information content (AvgIpc) is 2.41. The Labute approximate surface area is 119 Å². The number of hydrogen-bond acceptors (Lipinski definition) is 3. The van der Waals surface area contributed by atoms with E-state index in [1.165, 1.54) is 39.3 Å². The van der Waals surface area contributed by atoms with Gasteiger partial charge in [0.25, 0.3) is 5.91 Å². The number of carbonyl (C=O) groups excluding carboxylic acids is 2. The molecule has 1 atom stereocenters. The largest absolute Gasteiger partial charge is 0.497 e. The Balaban J connectivity index is 2.68. The molecule has 0 fully saturated rings. The zero-order valence-corrected chi connectivity index (χ0v) is 11.7. The molecular formula is C14H14F3NO3. The fourth-order valence-corrected chi connectivity index (χ4v) is 2.62. The zero-order valence-electron chi connectivity index (χ0n) is 11.7.